The summed E-state index contributed by atoms with van der Waals surface area (Å²) in [5.74, 6) is 0. The molecule has 0 heterocycles. The maximum atomic E-state index is 0. The SMILES string of the molecule is N.N.N.N.N.N.[Cl-].[Cl-].[Cl-].[Rh+3]. The van der Waals surface area contributed by atoms with Gasteiger partial charge in [-0.3, -0.25) is 0 Å². The third-order valence-electron chi connectivity index (χ3n) is 0. The monoisotopic (exact) mass is 310 g/mol. The van der Waals surface area contributed by atoms with Crippen molar-refractivity contribution in [2.24, 2.45) is 0 Å². The van der Waals surface area contributed by atoms with E-state index in [1.807, 2.05) is 0 Å². The minimum absolute atomic E-state index is 0. The van der Waals surface area contributed by atoms with Crippen LogP contribution in [0.15, 0.2) is 0 Å². The van der Waals surface area contributed by atoms with Gasteiger partial charge in [-0.2, -0.15) is 0 Å². The third-order valence-corrected chi connectivity index (χ3v) is 0. The number of hydrogen-bond donors (Lipinski definition) is 6. The van der Waals surface area contributed by atoms with Gasteiger partial charge in [0.1, 0.15) is 0 Å². The van der Waals surface area contributed by atoms with Crippen molar-refractivity contribution in [2.45, 2.75) is 0 Å². The zero-order chi connectivity index (χ0) is 0. The first-order valence-corrected chi connectivity index (χ1v) is 0. The molecule has 0 aromatic carbocycles. The van der Waals surface area contributed by atoms with Gasteiger partial charge in [0.2, 0.25) is 0 Å². The molecule has 0 rings (SSSR count). The van der Waals surface area contributed by atoms with Crippen LogP contribution >= 0.6 is 0 Å². The zero-order valence-electron chi connectivity index (χ0n) is 5.71. The van der Waals surface area contributed by atoms with E-state index in [2.05, 4.69) is 0 Å². The van der Waals surface area contributed by atoms with E-state index in [9.17, 15) is 0 Å². The van der Waals surface area contributed by atoms with Crippen molar-refractivity contribution in [3.05, 3.63) is 0 Å². The Morgan fingerprint density at radius 2 is 0.300 bits per heavy atom. The maximum absolute atomic E-state index is 0. The van der Waals surface area contributed by atoms with Gasteiger partial charge in [-0.1, -0.05) is 0 Å². The second kappa shape index (κ2) is 559. The molecule has 0 aliphatic rings. The molecule has 0 unspecified atom stereocenters. The molecule has 10 heavy (non-hydrogen) atoms. The van der Waals surface area contributed by atoms with E-state index in [0.29, 0.717) is 0 Å². The summed E-state index contributed by atoms with van der Waals surface area (Å²) in [6, 6.07) is 0. The Morgan fingerprint density at radius 3 is 0.300 bits per heavy atom. The van der Waals surface area contributed by atoms with E-state index in [1.54, 1.807) is 0 Å². The molecule has 0 fully saturated rings. The van der Waals surface area contributed by atoms with Crippen molar-refractivity contribution >= 4 is 0 Å². The molecule has 0 aromatic heterocycles. The average molecular weight is 311 g/mol. The zero-order valence-corrected chi connectivity index (χ0v) is 9.62. The predicted molar refractivity (Wildman–Crippen MR) is 30.1 cm³/mol. The number of rotatable bonds is 0. The molecule has 18 N–H and O–H groups in total. The van der Waals surface area contributed by atoms with E-state index in [4.69, 9.17) is 0 Å². The molecular weight excluding hydrogens is 293 g/mol. The van der Waals surface area contributed by atoms with Gasteiger partial charge in [-0.15, -0.1) is 0 Å². The first kappa shape index (κ1) is 753. The second-order valence-corrected chi connectivity index (χ2v) is 0. The smallest absolute Gasteiger partial charge is 1.00 e. The minimum Gasteiger partial charge on any atom is -1.00 e. The Morgan fingerprint density at radius 1 is 0.300 bits per heavy atom. The summed E-state index contributed by atoms with van der Waals surface area (Å²) < 4.78 is 0. The second-order valence-electron chi connectivity index (χ2n) is 0. The fourth-order valence-electron chi connectivity index (χ4n) is 0. The molecule has 0 aliphatic heterocycles. The molecule has 0 atom stereocenters. The molecule has 0 aromatic rings. The summed E-state index contributed by atoms with van der Waals surface area (Å²) in [5, 5.41) is 0. The van der Waals surface area contributed by atoms with Crippen LogP contribution in [0.2, 0.25) is 0 Å². The van der Waals surface area contributed by atoms with Crippen LogP contribution in [0.25, 0.3) is 0 Å². The molecule has 6 nitrogen and oxygen atoms in total. The van der Waals surface area contributed by atoms with Crippen LogP contribution in [0.3, 0.4) is 0 Å². The van der Waals surface area contributed by atoms with E-state index < -0.39 is 0 Å². The summed E-state index contributed by atoms with van der Waals surface area (Å²) >= 11 is 0. The Labute approximate surface area is 93.5 Å². The van der Waals surface area contributed by atoms with Crippen molar-refractivity contribution in [1.82, 2.24) is 36.9 Å². The summed E-state index contributed by atoms with van der Waals surface area (Å²) in [7, 11) is 0. The number of hydrogen-bond acceptors (Lipinski definition) is 6. The van der Waals surface area contributed by atoms with Crippen LogP contribution in [0, 0.1) is 0 Å². The maximum Gasteiger partial charge on any atom is 3.00 e. The molecule has 0 spiro atoms. The first-order valence-electron chi connectivity index (χ1n) is 0. The summed E-state index contributed by atoms with van der Waals surface area (Å²) in [6.45, 7) is 0. The Bertz CT molecular complexity index is 13.0. The molecule has 0 amide bonds. The molecule has 0 saturated carbocycles. The van der Waals surface area contributed by atoms with Crippen molar-refractivity contribution in [3.8, 4) is 0 Å². The molecule has 0 bridgehead atoms. The van der Waals surface area contributed by atoms with Crippen LogP contribution in [0.5, 0.6) is 0 Å². The average Bonchev–Trinajstić information content (AvgIpc) is 0. The minimum atomic E-state index is 0. The Hall–Kier alpha value is 1.25. The Kier molecular flexibility index (Phi) is 42100. The van der Waals surface area contributed by atoms with Crippen molar-refractivity contribution in [3.63, 3.8) is 0 Å². The fraction of sp³-hybridized carbons (Fsp3) is 0. The van der Waals surface area contributed by atoms with Crippen molar-refractivity contribution in [1.29, 1.82) is 0 Å². The fourth-order valence-corrected chi connectivity index (χ4v) is 0. The van der Waals surface area contributed by atoms with E-state index in [-0.39, 0.29) is 93.6 Å². The van der Waals surface area contributed by atoms with Crippen LogP contribution in [-0.4, -0.2) is 0 Å². The van der Waals surface area contributed by atoms with Crippen LogP contribution in [0.4, 0.5) is 0 Å². The van der Waals surface area contributed by atoms with Gasteiger partial charge in [0.15, 0.2) is 0 Å². The quantitative estimate of drug-likeness (QED) is 0.239. The molecule has 0 radical (unpaired) electrons. The van der Waals surface area contributed by atoms with E-state index in [0.717, 1.165) is 0 Å². The van der Waals surface area contributed by atoms with Gasteiger partial charge in [0.25, 0.3) is 0 Å². The molecule has 0 saturated heterocycles. The van der Waals surface area contributed by atoms with Gasteiger partial charge in [-0.05, 0) is 0 Å². The third kappa shape index (κ3) is 401. The summed E-state index contributed by atoms with van der Waals surface area (Å²) in [6.07, 6.45) is 0. The molecule has 78 valence electrons. The van der Waals surface area contributed by atoms with Gasteiger partial charge < -0.3 is 74.1 Å². The molecule has 10 heteroatoms. The normalized spacial score (nSPS) is 0. The van der Waals surface area contributed by atoms with Gasteiger partial charge >= 0.3 is 19.5 Å². The van der Waals surface area contributed by atoms with E-state index in [1.165, 1.54) is 0 Å². The topological polar surface area (TPSA) is 210 Å². The Balaban J connectivity index is 0. The largest absolute Gasteiger partial charge is 3.00 e. The first-order chi connectivity index (χ1) is 0. The van der Waals surface area contributed by atoms with Crippen molar-refractivity contribution < 1.29 is 56.7 Å². The summed E-state index contributed by atoms with van der Waals surface area (Å²) in [4.78, 5) is 0. The van der Waals surface area contributed by atoms with Gasteiger partial charge in [0, 0.05) is 0 Å². The van der Waals surface area contributed by atoms with Gasteiger partial charge in [0.05, 0.1) is 0 Å². The van der Waals surface area contributed by atoms with Gasteiger partial charge in [-0.25, -0.2) is 0 Å². The predicted octanol–water partition coefficient (Wildman–Crippen LogP) is -8.02. The van der Waals surface area contributed by atoms with Crippen LogP contribution in [0.1, 0.15) is 0 Å². The summed E-state index contributed by atoms with van der Waals surface area (Å²) in [5.41, 5.74) is 0. The molecular formula is H18Cl3N6Rh. The van der Waals surface area contributed by atoms with Crippen LogP contribution in [-0.2, 0) is 19.5 Å². The molecule has 0 aliphatic carbocycles. The number of halogens is 3. The van der Waals surface area contributed by atoms with Crippen LogP contribution < -0.4 is 74.1 Å². The van der Waals surface area contributed by atoms with Crippen molar-refractivity contribution in [2.75, 3.05) is 0 Å². The van der Waals surface area contributed by atoms with E-state index >= 15 is 0 Å². The standard InChI is InChI=1S/3ClH.6H3N.Rh/h3*1H;6*1H3;/q;;;;;;;;;+3/p-3.